The van der Waals surface area contributed by atoms with Crippen LogP contribution in [0.25, 0.3) is 11.1 Å². The molecule has 0 saturated carbocycles. The summed E-state index contributed by atoms with van der Waals surface area (Å²) in [6.45, 7) is 4.24. The van der Waals surface area contributed by atoms with E-state index < -0.39 is 66.9 Å². The number of hydrogen-bond acceptors (Lipinski definition) is 6. The largest absolute Gasteiger partial charge is 0.742 e. The van der Waals surface area contributed by atoms with E-state index in [2.05, 4.69) is 0 Å². The Morgan fingerprint density at radius 1 is 0.697 bits per heavy atom. The van der Waals surface area contributed by atoms with Crippen LogP contribution in [0.5, 0.6) is 0 Å². The molecule has 0 aliphatic rings. The van der Waals surface area contributed by atoms with Gasteiger partial charge in [-0.2, -0.15) is 0 Å². The second kappa shape index (κ2) is 10.6. The molecule has 0 spiro atoms. The van der Waals surface area contributed by atoms with Crippen molar-refractivity contribution in [1.82, 2.24) is 0 Å². The Balaban J connectivity index is 2.79. The molecule has 0 saturated heterocycles. The van der Waals surface area contributed by atoms with Gasteiger partial charge in [0, 0.05) is 19.3 Å². The molecule has 2 rings (SSSR count). The molecule has 0 radical (unpaired) electrons. The lowest BCUT2D eigenvalue weighted by Crippen LogP contribution is -2.59. The predicted molar refractivity (Wildman–Crippen MR) is 106 cm³/mol. The topological polar surface area (TPSA) is 78.9 Å². The molecular weight excluding hydrogens is 471 g/mol. The van der Waals surface area contributed by atoms with Crippen LogP contribution in [-0.2, 0) is 27.7 Å². The minimum atomic E-state index is -4.72. The maximum Gasteiger partial charge on any atom is 0.742 e. The molecule has 0 fully saturated rings. The van der Waals surface area contributed by atoms with E-state index in [9.17, 15) is 36.3 Å². The Labute approximate surface area is 186 Å². The first-order chi connectivity index (χ1) is 15.5. The zero-order chi connectivity index (χ0) is 24.9. The van der Waals surface area contributed by atoms with Crippen molar-refractivity contribution in [3.8, 4) is 11.1 Å². The van der Waals surface area contributed by atoms with E-state index in [1.165, 1.54) is 26.8 Å². The first kappa shape index (κ1) is 26.0. The van der Waals surface area contributed by atoms with E-state index in [1.54, 1.807) is 0 Å². The monoisotopic (exact) mass is 490 g/mol. The third kappa shape index (κ3) is 5.38. The SMILES string of the molecule is CCC(=O)O[Si](OC(=O)CC)(OC(=O)CC)c1cccc(-c2c(F)c(F)c(F)c(F)c2F)c1. The molecule has 0 atom stereocenters. The summed E-state index contributed by atoms with van der Waals surface area (Å²) >= 11 is 0. The fourth-order valence-corrected chi connectivity index (χ4v) is 5.07. The molecule has 33 heavy (non-hydrogen) atoms. The van der Waals surface area contributed by atoms with Gasteiger partial charge < -0.3 is 13.3 Å². The summed E-state index contributed by atoms with van der Waals surface area (Å²) in [7, 11) is -4.72. The normalized spacial score (nSPS) is 11.2. The highest BCUT2D eigenvalue weighted by molar-refractivity contribution is 6.79. The third-order valence-electron chi connectivity index (χ3n) is 4.33. The molecule has 12 heteroatoms. The van der Waals surface area contributed by atoms with Crippen LogP contribution in [0, 0.1) is 29.1 Å². The number of hydrogen-bond donors (Lipinski definition) is 0. The van der Waals surface area contributed by atoms with Gasteiger partial charge in [0.15, 0.2) is 23.3 Å². The van der Waals surface area contributed by atoms with Gasteiger partial charge in [-0.15, -0.1) is 0 Å². The maximum absolute atomic E-state index is 14.3. The Bertz CT molecular complexity index is 1020. The quantitative estimate of drug-likeness (QED) is 0.240. The van der Waals surface area contributed by atoms with Crippen LogP contribution < -0.4 is 5.19 Å². The fraction of sp³-hybridized carbons (Fsp3) is 0.286. The van der Waals surface area contributed by atoms with Crippen LogP contribution >= 0.6 is 0 Å². The lowest BCUT2D eigenvalue weighted by atomic mass is 10.0. The molecule has 2 aromatic rings. The number of rotatable bonds is 8. The summed E-state index contributed by atoms with van der Waals surface area (Å²) in [5.41, 5.74) is -1.79. The van der Waals surface area contributed by atoms with Gasteiger partial charge in [-0.1, -0.05) is 39.0 Å². The average Bonchev–Trinajstić information content (AvgIpc) is 2.81. The van der Waals surface area contributed by atoms with Crippen LogP contribution in [0.1, 0.15) is 40.0 Å². The summed E-state index contributed by atoms with van der Waals surface area (Å²) in [6.07, 6.45) is -0.627. The van der Waals surface area contributed by atoms with Gasteiger partial charge in [-0.25, -0.2) is 22.0 Å². The molecule has 0 heterocycles. The minimum absolute atomic E-state index is 0.209. The molecule has 0 aliphatic heterocycles. The highest BCUT2D eigenvalue weighted by atomic mass is 28.4. The summed E-state index contributed by atoms with van der Waals surface area (Å²) in [6, 6.07) is 4.20. The Morgan fingerprint density at radius 2 is 1.09 bits per heavy atom. The van der Waals surface area contributed by atoms with Gasteiger partial charge in [0.25, 0.3) is 17.9 Å². The van der Waals surface area contributed by atoms with E-state index in [0.717, 1.165) is 18.2 Å². The molecule has 0 aromatic heterocycles. The highest BCUT2D eigenvalue weighted by Gasteiger charge is 2.55. The van der Waals surface area contributed by atoms with Crippen molar-refractivity contribution in [1.29, 1.82) is 0 Å². The molecule has 0 aliphatic carbocycles. The lowest BCUT2D eigenvalue weighted by molar-refractivity contribution is -0.149. The first-order valence-electron chi connectivity index (χ1n) is 9.79. The Kier molecular flexibility index (Phi) is 8.31. The average molecular weight is 490 g/mol. The third-order valence-corrected chi connectivity index (χ3v) is 6.83. The van der Waals surface area contributed by atoms with Crippen molar-refractivity contribution in [3.05, 3.63) is 53.4 Å². The van der Waals surface area contributed by atoms with Crippen molar-refractivity contribution < 1.29 is 49.6 Å². The van der Waals surface area contributed by atoms with Crippen molar-refractivity contribution in [2.75, 3.05) is 0 Å². The summed E-state index contributed by atoms with van der Waals surface area (Å²) < 4.78 is 85.3. The smallest absolute Gasteiger partial charge is 0.452 e. The molecule has 0 unspecified atom stereocenters. The lowest BCUT2D eigenvalue weighted by Gasteiger charge is -2.27. The van der Waals surface area contributed by atoms with Gasteiger partial charge in [0.2, 0.25) is 5.82 Å². The molecule has 178 valence electrons. The Morgan fingerprint density at radius 3 is 1.48 bits per heavy atom. The van der Waals surface area contributed by atoms with Crippen LogP contribution in [-0.4, -0.2) is 26.7 Å². The second-order valence-corrected chi connectivity index (χ2v) is 8.87. The zero-order valence-electron chi connectivity index (χ0n) is 17.8. The maximum atomic E-state index is 14.3. The van der Waals surface area contributed by atoms with Gasteiger partial charge in [0.1, 0.15) is 0 Å². The standard InChI is InChI=1S/C21H19F5O6Si/c1-4-13(27)30-33(31-14(28)5-2,32-15(29)6-3)12-9-7-8-11(10-12)16-17(22)19(24)21(26)20(25)18(16)23/h7-10H,4-6H2,1-3H3. The van der Waals surface area contributed by atoms with Crippen LogP contribution in [0.2, 0.25) is 0 Å². The van der Waals surface area contributed by atoms with Crippen molar-refractivity contribution >= 4 is 31.9 Å². The van der Waals surface area contributed by atoms with Gasteiger partial charge in [-0.05, 0) is 11.6 Å². The molecule has 0 bridgehead atoms. The first-order valence-corrected chi connectivity index (χ1v) is 11.5. The van der Waals surface area contributed by atoms with E-state index in [1.807, 2.05) is 0 Å². The molecule has 2 aromatic carbocycles. The van der Waals surface area contributed by atoms with Crippen molar-refractivity contribution in [3.63, 3.8) is 0 Å². The van der Waals surface area contributed by atoms with E-state index in [-0.39, 0.29) is 24.4 Å². The molecular formula is C21H19F5O6Si. The number of halogens is 5. The minimum Gasteiger partial charge on any atom is -0.452 e. The van der Waals surface area contributed by atoms with Gasteiger partial charge in [-0.3, -0.25) is 14.4 Å². The van der Waals surface area contributed by atoms with Crippen LogP contribution in [0.3, 0.4) is 0 Å². The van der Waals surface area contributed by atoms with Gasteiger partial charge >= 0.3 is 8.80 Å². The van der Waals surface area contributed by atoms with Crippen LogP contribution in [0.4, 0.5) is 22.0 Å². The van der Waals surface area contributed by atoms with Crippen molar-refractivity contribution in [2.24, 2.45) is 0 Å². The summed E-state index contributed by atoms with van der Waals surface area (Å²) in [4.78, 5) is 36.3. The zero-order valence-corrected chi connectivity index (χ0v) is 18.8. The summed E-state index contributed by atoms with van der Waals surface area (Å²) in [5.74, 6) is -13.6. The van der Waals surface area contributed by atoms with E-state index in [4.69, 9.17) is 13.3 Å². The summed E-state index contributed by atoms with van der Waals surface area (Å²) in [5, 5.41) is -0.283. The van der Waals surface area contributed by atoms with E-state index in [0.29, 0.717) is 0 Å². The van der Waals surface area contributed by atoms with E-state index >= 15 is 0 Å². The van der Waals surface area contributed by atoms with Crippen molar-refractivity contribution in [2.45, 2.75) is 40.0 Å². The fourth-order valence-electron chi connectivity index (χ4n) is 2.63. The highest BCUT2D eigenvalue weighted by Crippen LogP contribution is 2.31. The Hall–Kier alpha value is -3.28. The molecule has 0 amide bonds. The van der Waals surface area contributed by atoms with Gasteiger partial charge in [0.05, 0.1) is 10.8 Å². The number of benzene rings is 2. The number of carbonyl (C=O) groups is 3. The molecule has 0 N–H and O–H groups in total. The second-order valence-electron chi connectivity index (χ2n) is 6.56. The number of carbonyl (C=O) groups excluding carboxylic acids is 3. The predicted octanol–water partition coefficient (Wildman–Crippen LogP) is 4.05. The molecule has 6 nitrogen and oxygen atoms in total. The van der Waals surface area contributed by atoms with Crippen LogP contribution in [0.15, 0.2) is 24.3 Å².